The Morgan fingerprint density at radius 2 is 1.75 bits per heavy atom. The Balaban J connectivity index is 2.32. The number of nitrogens with zero attached hydrogens (tertiary/aromatic N) is 1. The van der Waals surface area contributed by atoms with E-state index in [0.717, 1.165) is 16.3 Å². The lowest BCUT2D eigenvalue weighted by Gasteiger charge is -2.51. The molecule has 0 aliphatic carbocycles. The number of alkyl halides is 2. The van der Waals surface area contributed by atoms with Gasteiger partial charge in [0.25, 0.3) is 0 Å². The van der Waals surface area contributed by atoms with Gasteiger partial charge in [-0.2, -0.15) is 8.78 Å². The van der Waals surface area contributed by atoms with Crippen molar-refractivity contribution in [3.05, 3.63) is 35.9 Å². The van der Waals surface area contributed by atoms with Crippen molar-refractivity contribution in [2.45, 2.75) is 63.9 Å². The summed E-state index contributed by atoms with van der Waals surface area (Å²) in [6.45, 7) is 11.8. The molecule has 1 aromatic carbocycles. The first-order valence-electron chi connectivity index (χ1n) is 9.28. The maximum Gasteiger partial charge on any atom is 0.331 e. The van der Waals surface area contributed by atoms with Crippen LogP contribution in [0.4, 0.5) is 8.78 Å². The molecule has 1 heterocycles. The van der Waals surface area contributed by atoms with Gasteiger partial charge in [-0.3, -0.25) is 13.9 Å². The number of amides is 1. The molecule has 8 heteroatoms. The van der Waals surface area contributed by atoms with E-state index in [4.69, 9.17) is 4.43 Å². The zero-order chi connectivity index (χ0) is 21.5. The smallest absolute Gasteiger partial charge is 0.331 e. The number of Topliss-reactive ketones (excluding diaryl/α,β-unsaturated/α-hetero) is 1. The summed E-state index contributed by atoms with van der Waals surface area (Å²) in [5.41, 5.74) is -0.0652. The van der Waals surface area contributed by atoms with E-state index in [2.05, 4.69) is 0 Å². The van der Waals surface area contributed by atoms with Gasteiger partial charge in [-0.15, -0.1) is 0 Å². The third kappa shape index (κ3) is 4.04. The molecule has 1 aliphatic heterocycles. The molecule has 1 aromatic rings. The first-order chi connectivity index (χ1) is 12.8. The molecule has 4 nitrogen and oxygen atoms in total. The number of rotatable bonds is 7. The number of β-lactam (4-membered cyclic amide) rings is 1. The summed E-state index contributed by atoms with van der Waals surface area (Å²) in [5, 5.41) is -0.120. The van der Waals surface area contributed by atoms with Crippen molar-refractivity contribution in [1.82, 2.24) is 4.31 Å². The Morgan fingerprint density at radius 3 is 2.21 bits per heavy atom. The second-order valence-electron chi connectivity index (χ2n) is 8.72. The van der Waals surface area contributed by atoms with Crippen LogP contribution in [-0.2, 0) is 9.22 Å². The van der Waals surface area contributed by atoms with Gasteiger partial charge in [-0.25, -0.2) is 0 Å². The number of carbonyl (C=O) groups is 2. The number of benzene rings is 1. The number of halogens is 2. The van der Waals surface area contributed by atoms with Crippen molar-refractivity contribution in [1.29, 1.82) is 0 Å². The van der Waals surface area contributed by atoms with Crippen LogP contribution in [0.25, 0.3) is 0 Å². The normalized spacial score (nSPS) is 22.0. The minimum Gasteiger partial charge on any atom is -0.413 e. The molecule has 0 radical (unpaired) electrons. The van der Waals surface area contributed by atoms with Gasteiger partial charge >= 0.3 is 5.92 Å². The van der Waals surface area contributed by atoms with Crippen molar-refractivity contribution in [3.8, 4) is 0 Å². The fourth-order valence-electron chi connectivity index (χ4n) is 3.15. The van der Waals surface area contributed by atoms with Gasteiger partial charge in [0.15, 0.2) is 8.32 Å². The SMILES string of the molecule is CSN1C(=O)[C@H]([C@@H](C)O[Si](C)(C)C(C)(C)C)[C@H]1C(F)(F)C(=O)c1ccccc1. The molecule has 0 bridgehead atoms. The molecule has 1 saturated heterocycles. The van der Waals surface area contributed by atoms with Gasteiger partial charge in [-0.05, 0) is 25.1 Å². The van der Waals surface area contributed by atoms with Crippen molar-refractivity contribution in [2.75, 3.05) is 6.26 Å². The highest BCUT2D eigenvalue weighted by atomic mass is 32.2. The molecule has 0 aromatic heterocycles. The van der Waals surface area contributed by atoms with E-state index in [1.807, 2.05) is 33.9 Å². The highest BCUT2D eigenvalue weighted by Gasteiger charge is 2.65. The standard InChI is InChI=1S/C20H29F2NO3SSi/c1-13(26-28(6,7)19(2,3)4)15-16(23(27-5)18(15)25)20(21,22)17(24)14-11-9-8-10-12-14/h8-13,15-16H,1-7H3/t13-,15-,16+/m1/s1. The molecular formula is C20H29F2NO3SSi. The molecular weight excluding hydrogens is 400 g/mol. The highest BCUT2D eigenvalue weighted by molar-refractivity contribution is 7.96. The van der Waals surface area contributed by atoms with E-state index < -0.39 is 44.0 Å². The summed E-state index contributed by atoms with van der Waals surface area (Å²) in [6, 6.07) is 5.95. The molecule has 0 spiro atoms. The van der Waals surface area contributed by atoms with Crippen molar-refractivity contribution >= 4 is 32.0 Å². The summed E-state index contributed by atoms with van der Waals surface area (Å²) in [4.78, 5) is 25.1. The fraction of sp³-hybridized carbons (Fsp3) is 0.600. The summed E-state index contributed by atoms with van der Waals surface area (Å²) >= 11 is 0.919. The van der Waals surface area contributed by atoms with Gasteiger partial charge in [0.05, 0.1) is 12.0 Å². The number of ketones is 1. The predicted octanol–water partition coefficient (Wildman–Crippen LogP) is 5.02. The minimum atomic E-state index is -3.70. The van der Waals surface area contributed by atoms with Gasteiger partial charge in [0.1, 0.15) is 6.04 Å². The van der Waals surface area contributed by atoms with Crippen LogP contribution >= 0.6 is 11.9 Å². The van der Waals surface area contributed by atoms with Crippen molar-refractivity contribution in [3.63, 3.8) is 0 Å². The maximum absolute atomic E-state index is 15.2. The lowest BCUT2D eigenvalue weighted by molar-refractivity contribution is -0.169. The average molecular weight is 430 g/mol. The van der Waals surface area contributed by atoms with E-state index in [1.165, 1.54) is 12.1 Å². The van der Waals surface area contributed by atoms with Crippen LogP contribution in [0.1, 0.15) is 38.1 Å². The third-order valence-corrected chi connectivity index (χ3v) is 11.2. The van der Waals surface area contributed by atoms with Crippen LogP contribution in [-0.4, -0.2) is 48.6 Å². The van der Waals surface area contributed by atoms with E-state index in [0.29, 0.717) is 0 Å². The van der Waals surface area contributed by atoms with E-state index in [-0.39, 0.29) is 10.6 Å². The van der Waals surface area contributed by atoms with Gasteiger partial charge in [0.2, 0.25) is 11.7 Å². The first-order valence-corrected chi connectivity index (χ1v) is 13.4. The fourth-order valence-corrected chi connectivity index (χ4v) is 5.37. The minimum absolute atomic E-state index is 0.0652. The molecule has 28 heavy (non-hydrogen) atoms. The number of carbonyl (C=O) groups excluding carboxylic acids is 2. The Morgan fingerprint density at radius 1 is 1.21 bits per heavy atom. The van der Waals surface area contributed by atoms with Crippen LogP contribution in [0.5, 0.6) is 0 Å². The molecule has 1 fully saturated rings. The molecule has 0 unspecified atom stereocenters. The van der Waals surface area contributed by atoms with E-state index >= 15 is 8.78 Å². The largest absolute Gasteiger partial charge is 0.413 e. The third-order valence-electron chi connectivity index (χ3n) is 5.79. The summed E-state index contributed by atoms with van der Waals surface area (Å²) < 4.78 is 37.7. The van der Waals surface area contributed by atoms with Crippen LogP contribution in [0, 0.1) is 5.92 Å². The highest BCUT2D eigenvalue weighted by Crippen LogP contribution is 2.47. The van der Waals surface area contributed by atoms with Gasteiger partial charge < -0.3 is 4.43 Å². The summed E-state index contributed by atoms with van der Waals surface area (Å²) in [6.07, 6.45) is 0.861. The first kappa shape index (κ1) is 23.0. The lowest BCUT2D eigenvalue weighted by Crippen LogP contribution is -2.70. The molecule has 2 rings (SSSR count). The Hall–Kier alpha value is -1.25. The molecule has 156 valence electrons. The number of hydrogen-bond acceptors (Lipinski definition) is 4. The Labute approximate surface area is 171 Å². The summed E-state index contributed by atoms with van der Waals surface area (Å²) in [5.74, 6) is -6.43. The Kier molecular flexibility index (Phi) is 6.48. The molecule has 1 aliphatic rings. The lowest BCUT2D eigenvalue weighted by atomic mass is 9.79. The molecule has 1 amide bonds. The Bertz CT molecular complexity index is 737. The zero-order valence-electron chi connectivity index (χ0n) is 17.5. The van der Waals surface area contributed by atoms with Gasteiger partial charge in [0, 0.05) is 11.8 Å². The quantitative estimate of drug-likeness (QED) is 0.264. The predicted molar refractivity (Wildman–Crippen MR) is 111 cm³/mol. The van der Waals surface area contributed by atoms with Crippen LogP contribution < -0.4 is 0 Å². The van der Waals surface area contributed by atoms with Crippen LogP contribution in [0.2, 0.25) is 18.1 Å². The van der Waals surface area contributed by atoms with Crippen LogP contribution in [0.15, 0.2) is 30.3 Å². The zero-order valence-corrected chi connectivity index (χ0v) is 19.3. The van der Waals surface area contributed by atoms with E-state index in [9.17, 15) is 9.59 Å². The topological polar surface area (TPSA) is 46.6 Å². The average Bonchev–Trinajstić information content (AvgIpc) is 2.58. The van der Waals surface area contributed by atoms with E-state index in [1.54, 1.807) is 31.4 Å². The van der Waals surface area contributed by atoms with Crippen LogP contribution in [0.3, 0.4) is 0 Å². The molecule has 0 N–H and O–H groups in total. The summed E-state index contributed by atoms with van der Waals surface area (Å²) in [7, 11) is -2.26. The van der Waals surface area contributed by atoms with Crippen molar-refractivity contribution < 1.29 is 22.8 Å². The molecule has 0 saturated carbocycles. The second kappa shape index (κ2) is 7.87. The molecule has 3 atom stereocenters. The maximum atomic E-state index is 15.2. The van der Waals surface area contributed by atoms with Crippen molar-refractivity contribution in [2.24, 2.45) is 5.92 Å². The second-order valence-corrected chi connectivity index (χ2v) is 14.2. The van der Waals surface area contributed by atoms with Gasteiger partial charge in [-0.1, -0.05) is 63.1 Å². The monoisotopic (exact) mass is 429 g/mol. The number of hydrogen-bond donors (Lipinski definition) is 0.